The van der Waals surface area contributed by atoms with E-state index in [4.69, 9.17) is 5.26 Å². The zero-order valence-electron chi connectivity index (χ0n) is 10.7. The van der Waals surface area contributed by atoms with Gasteiger partial charge in [-0.15, -0.1) is 0 Å². The Balaban J connectivity index is 1.90. The Morgan fingerprint density at radius 1 is 1.29 bits per heavy atom. The van der Waals surface area contributed by atoms with Crippen LogP contribution in [0.1, 0.15) is 37.8 Å². The second-order valence-corrected chi connectivity index (χ2v) is 5.51. The van der Waals surface area contributed by atoms with Gasteiger partial charge >= 0.3 is 0 Å². The van der Waals surface area contributed by atoms with Crippen LogP contribution in [0, 0.1) is 16.7 Å². The molecule has 1 aromatic carbocycles. The Morgan fingerprint density at radius 2 is 2.06 bits per heavy atom. The van der Waals surface area contributed by atoms with Crippen LogP contribution in [0.15, 0.2) is 18.2 Å². The number of benzene rings is 1. The molecule has 0 aromatic heterocycles. The van der Waals surface area contributed by atoms with Crippen LogP contribution >= 0.6 is 0 Å². The van der Waals surface area contributed by atoms with Gasteiger partial charge in [-0.25, -0.2) is 0 Å². The summed E-state index contributed by atoms with van der Waals surface area (Å²) in [5, 5.41) is 12.4. The highest BCUT2D eigenvalue weighted by molar-refractivity contribution is 5.50. The van der Waals surface area contributed by atoms with Crippen molar-refractivity contribution in [2.45, 2.75) is 39.5 Å². The molecule has 0 heterocycles. The van der Waals surface area contributed by atoms with Crippen molar-refractivity contribution >= 4 is 5.69 Å². The third-order valence-corrected chi connectivity index (χ3v) is 3.48. The van der Waals surface area contributed by atoms with Crippen LogP contribution in [0.2, 0.25) is 0 Å². The van der Waals surface area contributed by atoms with Gasteiger partial charge < -0.3 is 5.32 Å². The van der Waals surface area contributed by atoms with Gasteiger partial charge in [0, 0.05) is 12.2 Å². The highest BCUT2D eigenvalue weighted by Crippen LogP contribution is 2.25. The largest absolute Gasteiger partial charge is 0.385 e. The first-order chi connectivity index (χ1) is 8.11. The van der Waals surface area contributed by atoms with E-state index in [1.807, 2.05) is 13.8 Å². The maximum atomic E-state index is 8.94. The molecule has 1 aromatic rings. The number of hydrogen-bond donors (Lipinski definition) is 1. The van der Waals surface area contributed by atoms with Crippen molar-refractivity contribution in [3.05, 3.63) is 29.3 Å². The van der Waals surface area contributed by atoms with Crippen LogP contribution in [-0.2, 0) is 12.8 Å². The van der Waals surface area contributed by atoms with Gasteiger partial charge in [0.05, 0.1) is 11.5 Å². The number of fused-ring (bicyclic) bond motifs is 1. The van der Waals surface area contributed by atoms with E-state index in [2.05, 4.69) is 29.6 Å². The van der Waals surface area contributed by atoms with Gasteiger partial charge in [0.2, 0.25) is 0 Å². The molecule has 0 bridgehead atoms. The quantitative estimate of drug-likeness (QED) is 0.855. The lowest BCUT2D eigenvalue weighted by Gasteiger charge is -2.16. The highest BCUT2D eigenvalue weighted by atomic mass is 14.9. The van der Waals surface area contributed by atoms with E-state index >= 15 is 0 Å². The summed E-state index contributed by atoms with van der Waals surface area (Å²) >= 11 is 0. The molecule has 0 aliphatic heterocycles. The predicted octanol–water partition coefficient (Wildman–Crippen LogP) is 3.53. The fourth-order valence-corrected chi connectivity index (χ4v) is 2.26. The number of hydrogen-bond acceptors (Lipinski definition) is 2. The minimum absolute atomic E-state index is 0.232. The van der Waals surface area contributed by atoms with Crippen molar-refractivity contribution in [3.8, 4) is 6.07 Å². The second-order valence-electron chi connectivity index (χ2n) is 5.51. The zero-order chi connectivity index (χ0) is 12.3. The molecule has 0 saturated heterocycles. The monoisotopic (exact) mass is 228 g/mol. The van der Waals surface area contributed by atoms with Gasteiger partial charge in [0.25, 0.3) is 0 Å². The molecule has 2 rings (SSSR count). The first-order valence-corrected chi connectivity index (χ1v) is 6.38. The van der Waals surface area contributed by atoms with E-state index in [1.54, 1.807) is 0 Å². The highest BCUT2D eigenvalue weighted by Gasteiger charge is 2.16. The maximum absolute atomic E-state index is 8.94. The van der Waals surface area contributed by atoms with Crippen molar-refractivity contribution < 1.29 is 0 Å². The van der Waals surface area contributed by atoms with E-state index in [1.165, 1.54) is 36.1 Å². The topological polar surface area (TPSA) is 35.8 Å². The number of rotatable bonds is 4. The lowest BCUT2D eigenvalue weighted by atomic mass is 9.91. The molecule has 90 valence electrons. The van der Waals surface area contributed by atoms with Crippen LogP contribution in [0.5, 0.6) is 0 Å². The smallest absolute Gasteiger partial charge is 0.0684 e. The van der Waals surface area contributed by atoms with Crippen LogP contribution in [-0.4, -0.2) is 6.54 Å². The van der Waals surface area contributed by atoms with E-state index in [9.17, 15) is 0 Å². The number of nitrogens with one attached hydrogen (secondary N) is 1. The Morgan fingerprint density at radius 3 is 2.82 bits per heavy atom. The van der Waals surface area contributed by atoms with E-state index in [0.29, 0.717) is 0 Å². The molecule has 0 spiro atoms. The normalized spacial score (nSPS) is 14.2. The summed E-state index contributed by atoms with van der Waals surface area (Å²) in [7, 11) is 0. The summed E-state index contributed by atoms with van der Waals surface area (Å²) in [6, 6.07) is 8.99. The van der Waals surface area contributed by atoms with Crippen LogP contribution in [0.3, 0.4) is 0 Å². The number of nitriles is 1. The van der Waals surface area contributed by atoms with Crippen LogP contribution in [0.25, 0.3) is 0 Å². The number of aryl methyl sites for hydroxylation is 2. The number of anilines is 1. The molecule has 1 aliphatic rings. The third kappa shape index (κ3) is 3.00. The lowest BCUT2D eigenvalue weighted by molar-refractivity contribution is 0.466. The van der Waals surface area contributed by atoms with E-state index < -0.39 is 0 Å². The summed E-state index contributed by atoms with van der Waals surface area (Å²) in [5.41, 5.74) is 3.96. The van der Waals surface area contributed by atoms with Gasteiger partial charge in [-0.3, -0.25) is 0 Å². The summed E-state index contributed by atoms with van der Waals surface area (Å²) in [5.74, 6) is 0. The predicted molar refractivity (Wildman–Crippen MR) is 71.0 cm³/mol. The molecule has 0 saturated carbocycles. The van der Waals surface area contributed by atoms with Crippen molar-refractivity contribution in [3.63, 3.8) is 0 Å². The SMILES string of the molecule is CC(C)(C#N)CCNc1ccc2c(c1)CCC2. The van der Waals surface area contributed by atoms with Crippen molar-refractivity contribution in [2.24, 2.45) is 5.41 Å². The van der Waals surface area contributed by atoms with E-state index in [0.717, 1.165) is 13.0 Å². The fourth-order valence-electron chi connectivity index (χ4n) is 2.26. The molecule has 0 unspecified atom stereocenters. The van der Waals surface area contributed by atoms with Gasteiger partial charge in [-0.2, -0.15) is 5.26 Å². The molecule has 1 aliphatic carbocycles. The van der Waals surface area contributed by atoms with E-state index in [-0.39, 0.29) is 5.41 Å². The average Bonchev–Trinajstić information content (AvgIpc) is 2.76. The molecule has 1 N–H and O–H groups in total. The first kappa shape index (κ1) is 12.0. The summed E-state index contributed by atoms with van der Waals surface area (Å²) < 4.78 is 0. The van der Waals surface area contributed by atoms with Crippen molar-refractivity contribution in [1.82, 2.24) is 0 Å². The molecule has 17 heavy (non-hydrogen) atoms. The molecule has 0 fully saturated rings. The second kappa shape index (κ2) is 4.79. The minimum Gasteiger partial charge on any atom is -0.385 e. The molecule has 0 amide bonds. The standard InChI is InChI=1S/C15H20N2/c1-15(2,11-16)8-9-17-14-7-6-12-4-3-5-13(12)10-14/h6-7,10,17H,3-5,8-9H2,1-2H3. The van der Waals surface area contributed by atoms with Gasteiger partial charge in [0.1, 0.15) is 0 Å². The third-order valence-electron chi connectivity index (χ3n) is 3.48. The summed E-state index contributed by atoms with van der Waals surface area (Å²) in [6.45, 7) is 4.83. The fraction of sp³-hybridized carbons (Fsp3) is 0.533. The lowest BCUT2D eigenvalue weighted by Crippen LogP contribution is -2.14. The minimum atomic E-state index is -0.232. The van der Waals surface area contributed by atoms with Gasteiger partial charge in [-0.1, -0.05) is 6.07 Å². The van der Waals surface area contributed by atoms with Crippen LogP contribution < -0.4 is 5.32 Å². The average molecular weight is 228 g/mol. The van der Waals surface area contributed by atoms with Crippen molar-refractivity contribution in [2.75, 3.05) is 11.9 Å². The molecule has 0 atom stereocenters. The Kier molecular flexibility index (Phi) is 3.38. The maximum Gasteiger partial charge on any atom is 0.0684 e. The Labute approximate surface area is 104 Å². The summed E-state index contributed by atoms with van der Waals surface area (Å²) in [6.07, 6.45) is 4.62. The molecular formula is C15H20N2. The van der Waals surface area contributed by atoms with Crippen molar-refractivity contribution in [1.29, 1.82) is 5.26 Å². The van der Waals surface area contributed by atoms with Gasteiger partial charge in [-0.05, 0) is 62.8 Å². The molecule has 0 radical (unpaired) electrons. The molecular weight excluding hydrogens is 208 g/mol. The summed E-state index contributed by atoms with van der Waals surface area (Å²) in [4.78, 5) is 0. The Hall–Kier alpha value is -1.49. The molecule has 2 nitrogen and oxygen atoms in total. The number of nitrogens with zero attached hydrogens (tertiary/aromatic N) is 1. The zero-order valence-corrected chi connectivity index (χ0v) is 10.7. The first-order valence-electron chi connectivity index (χ1n) is 6.38. The Bertz CT molecular complexity index is 441. The molecule has 2 heteroatoms. The van der Waals surface area contributed by atoms with Gasteiger partial charge in [0.15, 0.2) is 0 Å². The van der Waals surface area contributed by atoms with Crippen LogP contribution in [0.4, 0.5) is 5.69 Å².